The second kappa shape index (κ2) is 6.09. The van der Waals surface area contributed by atoms with Crippen molar-refractivity contribution >= 4 is 27.6 Å². The number of carbonyl (C=O) groups excluding carboxylic acids is 1. The van der Waals surface area contributed by atoms with Gasteiger partial charge in [0.2, 0.25) is 10.0 Å². The quantitative estimate of drug-likeness (QED) is 0.774. The lowest BCUT2D eigenvalue weighted by molar-refractivity contribution is -0.149. The molecule has 6 nitrogen and oxygen atoms in total. The average Bonchev–Trinajstić information content (AvgIpc) is 2.46. The Bertz CT molecular complexity index is 604. The molecular formula is C12H14ClNO5S. The Morgan fingerprint density at radius 1 is 1.50 bits per heavy atom. The summed E-state index contributed by atoms with van der Waals surface area (Å²) in [7, 11) is -2.61. The molecule has 1 atom stereocenters. The molecule has 2 rings (SSSR count). The number of morpholine rings is 1. The van der Waals surface area contributed by atoms with Crippen molar-refractivity contribution in [3.05, 3.63) is 29.3 Å². The standard InChI is InChI=1S/C12H14ClNO5S/c1-18-12(15)11-8-19-6-5-14(11)20(16,17)10-4-2-3-9(13)7-10/h2-4,7,11H,5-6,8H2,1H3. The number of hydrogen-bond donors (Lipinski definition) is 0. The largest absolute Gasteiger partial charge is 0.468 e. The first kappa shape index (κ1) is 15.2. The van der Waals surface area contributed by atoms with Crippen LogP contribution < -0.4 is 0 Å². The number of hydrogen-bond acceptors (Lipinski definition) is 5. The number of esters is 1. The van der Waals surface area contributed by atoms with Crippen LogP contribution in [0.2, 0.25) is 5.02 Å². The average molecular weight is 320 g/mol. The molecule has 0 radical (unpaired) electrons. The Labute approximate surface area is 122 Å². The van der Waals surface area contributed by atoms with Gasteiger partial charge in [0.25, 0.3) is 0 Å². The highest BCUT2D eigenvalue weighted by Crippen LogP contribution is 2.23. The molecule has 1 unspecified atom stereocenters. The summed E-state index contributed by atoms with van der Waals surface area (Å²) in [5.41, 5.74) is 0. The second-order valence-corrected chi connectivity index (χ2v) is 6.51. The lowest BCUT2D eigenvalue weighted by atomic mass is 10.3. The van der Waals surface area contributed by atoms with Gasteiger partial charge in [-0.05, 0) is 18.2 Å². The lowest BCUT2D eigenvalue weighted by Gasteiger charge is -2.32. The highest BCUT2D eigenvalue weighted by molar-refractivity contribution is 7.89. The van der Waals surface area contributed by atoms with E-state index in [4.69, 9.17) is 16.3 Å². The van der Waals surface area contributed by atoms with Crippen molar-refractivity contribution in [3.63, 3.8) is 0 Å². The molecule has 0 amide bonds. The summed E-state index contributed by atoms with van der Waals surface area (Å²) in [6.45, 7) is 0.300. The predicted octanol–water partition coefficient (Wildman–Crippen LogP) is 0.902. The van der Waals surface area contributed by atoms with Crippen LogP contribution in [0.15, 0.2) is 29.2 Å². The van der Waals surface area contributed by atoms with Crippen LogP contribution in [0.25, 0.3) is 0 Å². The van der Waals surface area contributed by atoms with Crippen LogP contribution in [-0.4, -0.2) is 51.6 Å². The zero-order chi connectivity index (χ0) is 14.8. The molecule has 1 saturated heterocycles. The van der Waals surface area contributed by atoms with Crippen LogP contribution in [0.5, 0.6) is 0 Å². The van der Waals surface area contributed by atoms with E-state index in [2.05, 4.69) is 4.74 Å². The molecule has 110 valence electrons. The van der Waals surface area contributed by atoms with E-state index in [0.29, 0.717) is 5.02 Å². The molecule has 1 aromatic rings. The van der Waals surface area contributed by atoms with E-state index in [1.807, 2.05) is 0 Å². The predicted molar refractivity (Wildman–Crippen MR) is 72.0 cm³/mol. The fourth-order valence-corrected chi connectivity index (χ4v) is 3.81. The van der Waals surface area contributed by atoms with Crippen molar-refractivity contribution in [2.45, 2.75) is 10.9 Å². The lowest BCUT2D eigenvalue weighted by Crippen LogP contribution is -2.52. The topological polar surface area (TPSA) is 72.9 Å². The Morgan fingerprint density at radius 2 is 2.25 bits per heavy atom. The summed E-state index contributed by atoms with van der Waals surface area (Å²) >= 11 is 5.82. The number of nitrogens with zero attached hydrogens (tertiary/aromatic N) is 1. The third kappa shape index (κ3) is 2.95. The molecule has 1 aromatic carbocycles. The Kier molecular flexibility index (Phi) is 4.64. The summed E-state index contributed by atoms with van der Waals surface area (Å²) in [6, 6.07) is 4.93. The minimum absolute atomic E-state index is 0.0214. The van der Waals surface area contributed by atoms with Crippen molar-refractivity contribution in [2.24, 2.45) is 0 Å². The van der Waals surface area contributed by atoms with E-state index >= 15 is 0 Å². The first-order valence-corrected chi connectivity index (χ1v) is 7.71. The van der Waals surface area contributed by atoms with Crippen molar-refractivity contribution in [2.75, 3.05) is 26.9 Å². The Hall–Kier alpha value is -1.15. The van der Waals surface area contributed by atoms with E-state index in [-0.39, 0.29) is 24.7 Å². The van der Waals surface area contributed by atoms with E-state index in [0.717, 1.165) is 4.31 Å². The molecule has 0 N–H and O–H groups in total. The van der Waals surface area contributed by atoms with E-state index in [1.54, 1.807) is 12.1 Å². The minimum atomic E-state index is -3.82. The maximum Gasteiger partial charge on any atom is 0.326 e. The van der Waals surface area contributed by atoms with E-state index < -0.39 is 22.0 Å². The molecule has 0 aromatic heterocycles. The van der Waals surface area contributed by atoms with Crippen LogP contribution in [0.1, 0.15) is 0 Å². The summed E-state index contributed by atoms with van der Waals surface area (Å²) in [5.74, 6) is -0.643. The number of halogens is 1. The van der Waals surface area contributed by atoms with Gasteiger partial charge in [-0.15, -0.1) is 0 Å². The van der Waals surface area contributed by atoms with Gasteiger partial charge >= 0.3 is 5.97 Å². The van der Waals surface area contributed by atoms with E-state index in [1.165, 1.54) is 19.2 Å². The number of rotatable bonds is 3. The van der Waals surface area contributed by atoms with Gasteiger partial charge in [0, 0.05) is 11.6 Å². The minimum Gasteiger partial charge on any atom is -0.468 e. The normalized spacial score (nSPS) is 20.6. The molecule has 20 heavy (non-hydrogen) atoms. The third-order valence-corrected chi connectivity index (χ3v) is 5.09. The van der Waals surface area contributed by atoms with Crippen molar-refractivity contribution in [1.29, 1.82) is 0 Å². The van der Waals surface area contributed by atoms with Gasteiger partial charge in [-0.2, -0.15) is 4.31 Å². The van der Waals surface area contributed by atoms with Crippen LogP contribution in [0.4, 0.5) is 0 Å². The molecular weight excluding hydrogens is 306 g/mol. The third-order valence-electron chi connectivity index (χ3n) is 2.96. The molecule has 0 bridgehead atoms. The maximum absolute atomic E-state index is 12.6. The SMILES string of the molecule is COC(=O)C1COCCN1S(=O)(=O)c1cccc(Cl)c1. The first-order valence-electron chi connectivity index (χ1n) is 5.90. The number of sulfonamides is 1. The smallest absolute Gasteiger partial charge is 0.326 e. The van der Waals surface area contributed by atoms with Gasteiger partial charge in [-0.3, -0.25) is 4.79 Å². The van der Waals surface area contributed by atoms with Gasteiger partial charge in [-0.25, -0.2) is 8.42 Å². The summed E-state index contributed by atoms with van der Waals surface area (Å²) in [4.78, 5) is 11.7. The monoisotopic (exact) mass is 319 g/mol. The van der Waals surface area contributed by atoms with E-state index in [9.17, 15) is 13.2 Å². The summed E-state index contributed by atoms with van der Waals surface area (Å²) in [6.07, 6.45) is 0. The molecule has 0 spiro atoms. The molecule has 1 heterocycles. The Balaban J connectivity index is 2.38. The van der Waals surface area contributed by atoms with Crippen molar-refractivity contribution in [3.8, 4) is 0 Å². The van der Waals surface area contributed by atoms with Crippen LogP contribution in [0.3, 0.4) is 0 Å². The number of ether oxygens (including phenoxy) is 2. The van der Waals surface area contributed by atoms with Crippen LogP contribution in [0, 0.1) is 0 Å². The molecule has 0 aliphatic carbocycles. The first-order chi connectivity index (χ1) is 9.46. The van der Waals surface area contributed by atoms with Gasteiger partial charge < -0.3 is 9.47 Å². The number of benzene rings is 1. The zero-order valence-corrected chi connectivity index (χ0v) is 12.4. The fourth-order valence-electron chi connectivity index (χ4n) is 1.96. The Morgan fingerprint density at radius 3 is 2.90 bits per heavy atom. The fraction of sp³-hybridized carbons (Fsp3) is 0.417. The number of carbonyl (C=O) groups is 1. The molecule has 1 fully saturated rings. The second-order valence-electron chi connectivity index (χ2n) is 4.19. The van der Waals surface area contributed by atoms with Crippen LogP contribution >= 0.6 is 11.6 Å². The molecule has 8 heteroatoms. The highest BCUT2D eigenvalue weighted by Gasteiger charge is 2.39. The summed E-state index contributed by atoms with van der Waals surface area (Å²) in [5, 5.41) is 0.314. The van der Waals surface area contributed by atoms with Crippen molar-refractivity contribution < 1.29 is 22.7 Å². The van der Waals surface area contributed by atoms with Crippen molar-refractivity contribution in [1.82, 2.24) is 4.31 Å². The van der Waals surface area contributed by atoms with Gasteiger partial charge in [-0.1, -0.05) is 17.7 Å². The molecule has 1 aliphatic rings. The maximum atomic E-state index is 12.6. The number of methoxy groups -OCH3 is 1. The van der Waals surface area contributed by atoms with Gasteiger partial charge in [0.05, 0.1) is 25.2 Å². The van der Waals surface area contributed by atoms with Gasteiger partial charge in [0.15, 0.2) is 0 Å². The molecule has 1 aliphatic heterocycles. The summed E-state index contributed by atoms with van der Waals surface area (Å²) < 4.78 is 36.0. The van der Waals surface area contributed by atoms with Crippen LogP contribution in [-0.2, 0) is 24.3 Å². The van der Waals surface area contributed by atoms with Gasteiger partial charge in [0.1, 0.15) is 6.04 Å². The zero-order valence-electron chi connectivity index (χ0n) is 10.8. The highest BCUT2D eigenvalue weighted by atomic mass is 35.5. The molecule has 0 saturated carbocycles.